The van der Waals surface area contributed by atoms with Crippen LogP contribution < -0.4 is 5.32 Å². The summed E-state index contributed by atoms with van der Waals surface area (Å²) in [6.07, 6.45) is 10.9. The van der Waals surface area contributed by atoms with Gasteiger partial charge in [0.15, 0.2) is 5.69 Å². The Kier molecular flexibility index (Phi) is 7.01. The Hall–Kier alpha value is -2.15. The Bertz CT molecular complexity index is 792. The van der Waals surface area contributed by atoms with Crippen molar-refractivity contribution in [2.45, 2.75) is 78.0 Å². The Morgan fingerprint density at radius 3 is 2.70 bits per heavy atom. The van der Waals surface area contributed by atoms with Gasteiger partial charge in [-0.1, -0.05) is 32.9 Å². The summed E-state index contributed by atoms with van der Waals surface area (Å²) in [6.45, 7) is 8.64. The van der Waals surface area contributed by atoms with Crippen molar-refractivity contribution in [1.82, 2.24) is 24.7 Å². The molecule has 0 unspecified atom stereocenters. The minimum absolute atomic E-state index is 0.0152. The average Bonchev–Trinajstić information content (AvgIpc) is 2.86. The summed E-state index contributed by atoms with van der Waals surface area (Å²) in [4.78, 5) is 35.7. The number of hydrogen-bond acceptors (Lipinski definition) is 4. The molecule has 3 rings (SSSR count). The number of carbonyl (C=O) groups excluding carboxylic acids is 2. The zero-order valence-electron chi connectivity index (χ0n) is 19.1. The number of allylic oxidation sites excluding steroid dienone is 1. The number of hydrogen-bond donors (Lipinski definition) is 1. The van der Waals surface area contributed by atoms with E-state index in [0.29, 0.717) is 12.2 Å². The van der Waals surface area contributed by atoms with Crippen molar-refractivity contribution < 1.29 is 9.59 Å². The highest BCUT2D eigenvalue weighted by atomic mass is 16.2. The van der Waals surface area contributed by atoms with E-state index in [2.05, 4.69) is 39.0 Å². The number of imidazole rings is 1. The minimum atomic E-state index is -0.563. The lowest BCUT2D eigenvalue weighted by Crippen LogP contribution is -2.58. The molecule has 2 aliphatic rings. The first-order valence-corrected chi connectivity index (χ1v) is 11.2. The number of aryl methyl sites for hydroxylation is 1. The first-order chi connectivity index (χ1) is 14.2. The van der Waals surface area contributed by atoms with Gasteiger partial charge in [0.2, 0.25) is 5.91 Å². The van der Waals surface area contributed by atoms with E-state index in [-0.39, 0.29) is 17.9 Å². The summed E-state index contributed by atoms with van der Waals surface area (Å²) in [7, 11) is 3.72. The highest BCUT2D eigenvalue weighted by molar-refractivity contribution is 5.97. The van der Waals surface area contributed by atoms with E-state index in [0.717, 1.165) is 50.9 Å². The van der Waals surface area contributed by atoms with Crippen molar-refractivity contribution in [1.29, 1.82) is 0 Å². The molecule has 166 valence electrons. The third-order valence-electron chi connectivity index (χ3n) is 6.21. The summed E-state index contributed by atoms with van der Waals surface area (Å²) in [6, 6.07) is -0.578. The fourth-order valence-electron chi connectivity index (χ4n) is 4.69. The van der Waals surface area contributed by atoms with Crippen LogP contribution >= 0.6 is 0 Å². The highest BCUT2D eigenvalue weighted by Crippen LogP contribution is 2.32. The third-order valence-corrected chi connectivity index (χ3v) is 6.21. The summed E-state index contributed by atoms with van der Waals surface area (Å²) < 4.78 is 2.11. The van der Waals surface area contributed by atoms with Gasteiger partial charge in [0, 0.05) is 26.2 Å². The van der Waals surface area contributed by atoms with Gasteiger partial charge in [-0.3, -0.25) is 9.59 Å². The first-order valence-electron chi connectivity index (χ1n) is 11.2. The van der Waals surface area contributed by atoms with E-state index in [1.54, 1.807) is 13.4 Å². The second-order valence-electron chi connectivity index (χ2n) is 9.71. The molecule has 1 N–H and O–H groups in total. The Morgan fingerprint density at radius 2 is 2.00 bits per heavy atom. The summed E-state index contributed by atoms with van der Waals surface area (Å²) in [5.41, 5.74) is 1.05. The van der Waals surface area contributed by atoms with Crippen LogP contribution in [0.1, 0.15) is 69.1 Å². The predicted octanol–water partition coefficient (Wildman–Crippen LogP) is 2.82. The minimum Gasteiger partial charge on any atom is -0.357 e. The number of amides is 2. The van der Waals surface area contributed by atoms with Gasteiger partial charge < -0.3 is 19.7 Å². The Morgan fingerprint density at radius 1 is 1.23 bits per heavy atom. The number of likely N-dealkylation sites (N-methyl/N-ethyl adjacent to an activating group) is 1. The van der Waals surface area contributed by atoms with Crippen LogP contribution in [0.15, 0.2) is 18.5 Å². The summed E-state index contributed by atoms with van der Waals surface area (Å²) in [5.74, 6) is -0.241. The molecule has 2 amide bonds. The van der Waals surface area contributed by atoms with Gasteiger partial charge in [0.05, 0.1) is 12.0 Å². The first kappa shape index (κ1) is 22.5. The van der Waals surface area contributed by atoms with Crippen LogP contribution in [0.25, 0.3) is 0 Å². The van der Waals surface area contributed by atoms with Crippen LogP contribution in [-0.2, 0) is 17.9 Å². The molecule has 30 heavy (non-hydrogen) atoms. The molecule has 1 aromatic heterocycles. The van der Waals surface area contributed by atoms with Gasteiger partial charge in [-0.2, -0.15) is 0 Å². The molecule has 0 radical (unpaired) electrons. The molecule has 0 aromatic carbocycles. The number of rotatable bonds is 4. The lowest BCUT2D eigenvalue weighted by molar-refractivity contribution is -0.129. The Labute approximate surface area is 180 Å². The highest BCUT2D eigenvalue weighted by Gasteiger charge is 2.43. The van der Waals surface area contributed by atoms with E-state index in [1.807, 2.05) is 25.7 Å². The van der Waals surface area contributed by atoms with Crippen LogP contribution in [0, 0.1) is 5.41 Å². The van der Waals surface area contributed by atoms with E-state index in [4.69, 9.17) is 0 Å². The SMILES string of the molecule is CNC(=O)[C@@H](N(C(=O)c1ncn2c1CN(C)CCC2)[C@@H]1CC=CCCC1)C(C)(C)C. The maximum atomic E-state index is 14.0. The van der Waals surface area contributed by atoms with Gasteiger partial charge in [-0.15, -0.1) is 0 Å². The lowest BCUT2D eigenvalue weighted by Gasteiger charge is -2.43. The van der Waals surface area contributed by atoms with Crippen LogP contribution in [0.5, 0.6) is 0 Å². The van der Waals surface area contributed by atoms with Crippen molar-refractivity contribution in [2.75, 3.05) is 20.6 Å². The van der Waals surface area contributed by atoms with E-state index >= 15 is 0 Å². The molecule has 0 bridgehead atoms. The molecule has 0 saturated carbocycles. The molecule has 0 spiro atoms. The van der Waals surface area contributed by atoms with Gasteiger partial charge in [0.25, 0.3) is 5.91 Å². The van der Waals surface area contributed by atoms with E-state index in [9.17, 15) is 9.59 Å². The molecular formula is C23H37N5O2. The molecule has 2 heterocycles. The molecule has 0 fully saturated rings. The van der Waals surface area contributed by atoms with Crippen LogP contribution in [-0.4, -0.2) is 63.9 Å². The largest absolute Gasteiger partial charge is 0.357 e. The standard InChI is InChI=1S/C23H37N5O2/c1-23(2,3)20(21(29)24-4)28(17-11-8-6-7-9-12-17)22(30)19-18-15-26(5)13-10-14-27(18)16-25-19/h6,8,16-17,20H,7,9-15H2,1-5H3,(H,24,29)/t17-,20-/m1/s1. The molecular weight excluding hydrogens is 378 g/mol. The van der Waals surface area contributed by atoms with E-state index in [1.165, 1.54) is 0 Å². The number of aromatic nitrogens is 2. The van der Waals surface area contributed by atoms with Crippen molar-refractivity contribution in [3.05, 3.63) is 29.9 Å². The van der Waals surface area contributed by atoms with Crippen LogP contribution in [0.2, 0.25) is 0 Å². The normalized spacial score (nSPS) is 21.3. The molecule has 1 aliphatic carbocycles. The molecule has 7 nitrogen and oxygen atoms in total. The van der Waals surface area contributed by atoms with Gasteiger partial charge in [-0.05, 0) is 51.1 Å². The van der Waals surface area contributed by atoms with Gasteiger partial charge in [0.1, 0.15) is 6.04 Å². The maximum absolute atomic E-state index is 14.0. The fraction of sp³-hybridized carbons (Fsp3) is 0.696. The number of fused-ring (bicyclic) bond motifs is 1. The Balaban J connectivity index is 2.06. The second kappa shape index (κ2) is 9.33. The summed E-state index contributed by atoms with van der Waals surface area (Å²) in [5, 5.41) is 2.80. The smallest absolute Gasteiger partial charge is 0.275 e. The average molecular weight is 416 g/mol. The second-order valence-corrected chi connectivity index (χ2v) is 9.71. The van der Waals surface area contributed by atoms with E-state index < -0.39 is 11.5 Å². The maximum Gasteiger partial charge on any atom is 0.275 e. The lowest BCUT2D eigenvalue weighted by atomic mass is 9.83. The zero-order chi connectivity index (χ0) is 21.9. The third kappa shape index (κ3) is 4.77. The topological polar surface area (TPSA) is 70.5 Å². The number of carbonyl (C=O) groups is 2. The monoisotopic (exact) mass is 415 g/mol. The van der Waals surface area contributed by atoms with Gasteiger partial charge in [-0.25, -0.2) is 4.98 Å². The zero-order valence-corrected chi connectivity index (χ0v) is 19.1. The fourth-order valence-corrected chi connectivity index (χ4v) is 4.69. The molecule has 7 heteroatoms. The molecule has 1 aliphatic heterocycles. The molecule has 1 aromatic rings. The van der Waals surface area contributed by atoms with Crippen LogP contribution in [0.3, 0.4) is 0 Å². The van der Waals surface area contributed by atoms with Crippen molar-refractivity contribution in [2.24, 2.45) is 5.41 Å². The van der Waals surface area contributed by atoms with Crippen molar-refractivity contribution in [3.63, 3.8) is 0 Å². The van der Waals surface area contributed by atoms with Crippen molar-refractivity contribution >= 4 is 11.8 Å². The van der Waals surface area contributed by atoms with Crippen molar-refractivity contribution in [3.8, 4) is 0 Å². The van der Waals surface area contributed by atoms with Gasteiger partial charge >= 0.3 is 0 Å². The predicted molar refractivity (Wildman–Crippen MR) is 118 cm³/mol. The quantitative estimate of drug-likeness (QED) is 0.768. The van der Waals surface area contributed by atoms with Crippen LogP contribution in [0.4, 0.5) is 0 Å². The molecule has 2 atom stereocenters. The number of nitrogens with one attached hydrogen (secondary N) is 1. The number of nitrogens with zero attached hydrogens (tertiary/aromatic N) is 4. The summed E-state index contributed by atoms with van der Waals surface area (Å²) >= 11 is 0. The molecule has 0 saturated heterocycles.